The predicted octanol–water partition coefficient (Wildman–Crippen LogP) is 4.55. The van der Waals surface area contributed by atoms with Gasteiger partial charge in [0, 0.05) is 6.07 Å². The fraction of sp³-hybridized carbons (Fsp3) is 0.333. The third kappa shape index (κ3) is 4.01. The SMILES string of the molecule is O=[N+]([O-])c1cc(S(=O)(=O)Oc2ccc(C3CCCCC3)cc2)ccc1F. The molecule has 3 rings (SSSR count). The molecule has 0 unspecified atom stereocenters. The van der Waals surface area contributed by atoms with Crippen LogP contribution in [-0.4, -0.2) is 13.3 Å². The lowest BCUT2D eigenvalue weighted by molar-refractivity contribution is -0.387. The first-order chi connectivity index (χ1) is 12.4. The van der Waals surface area contributed by atoms with Crippen LogP contribution in [0.5, 0.6) is 5.75 Å². The molecule has 2 aromatic rings. The first kappa shape index (κ1) is 18.3. The van der Waals surface area contributed by atoms with Crippen LogP contribution in [0, 0.1) is 15.9 Å². The Morgan fingerprint density at radius 1 is 1.04 bits per heavy atom. The lowest BCUT2D eigenvalue weighted by atomic mass is 9.84. The molecule has 0 aromatic heterocycles. The van der Waals surface area contributed by atoms with Crippen molar-refractivity contribution >= 4 is 15.8 Å². The van der Waals surface area contributed by atoms with Crippen LogP contribution in [-0.2, 0) is 10.1 Å². The van der Waals surface area contributed by atoms with Crippen molar-refractivity contribution in [3.05, 3.63) is 64.0 Å². The Morgan fingerprint density at radius 2 is 1.69 bits per heavy atom. The monoisotopic (exact) mass is 379 g/mol. The van der Waals surface area contributed by atoms with E-state index in [4.69, 9.17) is 4.18 Å². The summed E-state index contributed by atoms with van der Waals surface area (Å²) in [6, 6.07) is 9.15. The molecule has 0 bridgehead atoms. The maximum absolute atomic E-state index is 13.4. The molecule has 1 aliphatic rings. The van der Waals surface area contributed by atoms with Crippen molar-refractivity contribution in [1.29, 1.82) is 0 Å². The van der Waals surface area contributed by atoms with Crippen molar-refractivity contribution < 1.29 is 21.9 Å². The highest BCUT2D eigenvalue weighted by atomic mass is 32.2. The van der Waals surface area contributed by atoms with E-state index in [1.807, 2.05) is 12.1 Å². The number of hydrogen-bond acceptors (Lipinski definition) is 5. The zero-order valence-electron chi connectivity index (χ0n) is 13.9. The summed E-state index contributed by atoms with van der Waals surface area (Å²) in [5, 5.41) is 10.8. The minimum absolute atomic E-state index is 0.108. The Morgan fingerprint density at radius 3 is 2.31 bits per heavy atom. The number of halogens is 1. The van der Waals surface area contributed by atoms with Crippen LogP contribution in [0.25, 0.3) is 0 Å². The van der Waals surface area contributed by atoms with Crippen LogP contribution < -0.4 is 4.18 Å². The standard InChI is InChI=1S/C18H18FNO5S/c19-17-11-10-16(12-18(17)20(21)22)26(23,24)25-15-8-6-14(7-9-15)13-4-2-1-3-5-13/h6-13H,1-5H2. The molecule has 2 aromatic carbocycles. The third-order valence-electron chi connectivity index (χ3n) is 4.57. The van der Waals surface area contributed by atoms with Crippen molar-refractivity contribution in [2.24, 2.45) is 0 Å². The van der Waals surface area contributed by atoms with Gasteiger partial charge in [-0.1, -0.05) is 31.4 Å². The molecule has 6 nitrogen and oxygen atoms in total. The first-order valence-corrected chi connectivity index (χ1v) is 9.76. The van der Waals surface area contributed by atoms with Crippen molar-refractivity contribution in [1.82, 2.24) is 0 Å². The second-order valence-electron chi connectivity index (χ2n) is 6.31. The Kier molecular flexibility index (Phi) is 5.22. The van der Waals surface area contributed by atoms with Crippen molar-refractivity contribution in [3.8, 4) is 5.75 Å². The molecule has 1 aliphatic carbocycles. The van der Waals surface area contributed by atoms with Gasteiger partial charge in [0.2, 0.25) is 5.82 Å². The van der Waals surface area contributed by atoms with Crippen LogP contribution in [0.15, 0.2) is 47.4 Å². The molecule has 8 heteroatoms. The van der Waals surface area contributed by atoms with Gasteiger partial charge in [-0.3, -0.25) is 10.1 Å². The fourth-order valence-electron chi connectivity index (χ4n) is 3.19. The van der Waals surface area contributed by atoms with E-state index in [2.05, 4.69) is 0 Å². The normalized spacial score (nSPS) is 15.6. The van der Waals surface area contributed by atoms with Gasteiger partial charge >= 0.3 is 15.8 Å². The van der Waals surface area contributed by atoms with E-state index in [0.717, 1.165) is 30.5 Å². The van der Waals surface area contributed by atoms with Crippen molar-refractivity contribution in [2.75, 3.05) is 0 Å². The Balaban J connectivity index is 1.79. The van der Waals surface area contributed by atoms with E-state index >= 15 is 0 Å². The second-order valence-corrected chi connectivity index (χ2v) is 7.86. The molecule has 26 heavy (non-hydrogen) atoms. The summed E-state index contributed by atoms with van der Waals surface area (Å²) in [6.45, 7) is 0. The molecular weight excluding hydrogens is 361 g/mol. The average Bonchev–Trinajstić information content (AvgIpc) is 2.62. The van der Waals surface area contributed by atoms with E-state index in [9.17, 15) is 22.9 Å². The van der Waals surface area contributed by atoms with Crippen LogP contribution >= 0.6 is 0 Å². The Bertz CT molecular complexity index is 906. The van der Waals surface area contributed by atoms with E-state index in [0.29, 0.717) is 12.0 Å². The molecule has 0 amide bonds. The minimum atomic E-state index is -4.29. The zero-order chi connectivity index (χ0) is 18.7. The van der Waals surface area contributed by atoms with Gasteiger partial charge in [-0.15, -0.1) is 0 Å². The van der Waals surface area contributed by atoms with Gasteiger partial charge in [0.25, 0.3) is 0 Å². The zero-order valence-corrected chi connectivity index (χ0v) is 14.7. The predicted molar refractivity (Wildman–Crippen MR) is 93.1 cm³/mol. The highest BCUT2D eigenvalue weighted by Crippen LogP contribution is 2.33. The molecule has 0 spiro atoms. The molecule has 0 atom stereocenters. The fourth-order valence-corrected chi connectivity index (χ4v) is 4.15. The molecule has 138 valence electrons. The topological polar surface area (TPSA) is 86.5 Å². The summed E-state index contributed by atoms with van der Waals surface area (Å²) < 4.78 is 43.0. The van der Waals surface area contributed by atoms with Crippen molar-refractivity contribution in [3.63, 3.8) is 0 Å². The molecule has 0 radical (unpaired) electrons. The number of benzene rings is 2. The lowest BCUT2D eigenvalue weighted by Crippen LogP contribution is -2.11. The number of rotatable bonds is 5. The largest absolute Gasteiger partial charge is 0.379 e. The quantitative estimate of drug-likeness (QED) is 0.432. The third-order valence-corrected chi connectivity index (χ3v) is 5.81. The highest BCUT2D eigenvalue weighted by Gasteiger charge is 2.23. The summed E-state index contributed by atoms with van der Waals surface area (Å²) in [7, 11) is -4.29. The second kappa shape index (κ2) is 7.41. The molecule has 0 N–H and O–H groups in total. The smallest absolute Gasteiger partial charge is 0.339 e. The molecule has 0 aliphatic heterocycles. The van der Waals surface area contributed by atoms with Crippen molar-refractivity contribution in [2.45, 2.75) is 42.9 Å². The van der Waals surface area contributed by atoms with Gasteiger partial charge in [0.1, 0.15) is 10.6 Å². The van der Waals surface area contributed by atoms with Gasteiger partial charge in [-0.25, -0.2) is 0 Å². The minimum Gasteiger partial charge on any atom is -0.379 e. The van der Waals surface area contributed by atoms with Gasteiger partial charge in [0.15, 0.2) is 0 Å². The summed E-state index contributed by atoms with van der Waals surface area (Å²) in [6.07, 6.45) is 5.89. The number of nitrogens with zero attached hydrogens (tertiary/aromatic N) is 1. The van der Waals surface area contributed by atoms with E-state index in [-0.39, 0.29) is 5.75 Å². The average molecular weight is 379 g/mol. The Labute approximate surface area is 150 Å². The van der Waals surface area contributed by atoms with Gasteiger partial charge in [-0.2, -0.15) is 12.8 Å². The van der Waals surface area contributed by atoms with Crippen LogP contribution in [0.2, 0.25) is 0 Å². The number of nitro groups is 1. The summed E-state index contributed by atoms with van der Waals surface area (Å²) >= 11 is 0. The van der Waals surface area contributed by atoms with Crippen LogP contribution in [0.4, 0.5) is 10.1 Å². The van der Waals surface area contributed by atoms with E-state index in [1.54, 1.807) is 12.1 Å². The lowest BCUT2D eigenvalue weighted by Gasteiger charge is -2.22. The summed E-state index contributed by atoms with van der Waals surface area (Å²) in [5.74, 6) is -0.517. The molecule has 0 saturated heterocycles. The van der Waals surface area contributed by atoms with E-state index in [1.165, 1.54) is 19.3 Å². The number of hydrogen-bond donors (Lipinski definition) is 0. The first-order valence-electron chi connectivity index (χ1n) is 8.35. The number of nitro benzene ring substituents is 1. The molecule has 1 fully saturated rings. The molecular formula is C18H18FNO5S. The van der Waals surface area contributed by atoms with Crippen LogP contribution in [0.1, 0.15) is 43.6 Å². The van der Waals surface area contributed by atoms with Crippen LogP contribution in [0.3, 0.4) is 0 Å². The van der Waals surface area contributed by atoms with Gasteiger partial charge < -0.3 is 4.18 Å². The molecule has 0 heterocycles. The maximum atomic E-state index is 13.4. The summed E-state index contributed by atoms with van der Waals surface area (Å²) in [4.78, 5) is 9.33. The maximum Gasteiger partial charge on any atom is 0.339 e. The van der Waals surface area contributed by atoms with Gasteiger partial charge in [0.05, 0.1) is 4.92 Å². The molecule has 1 saturated carbocycles. The van der Waals surface area contributed by atoms with Gasteiger partial charge in [-0.05, 0) is 48.6 Å². The Hall–Kier alpha value is -2.48. The highest BCUT2D eigenvalue weighted by molar-refractivity contribution is 7.87. The summed E-state index contributed by atoms with van der Waals surface area (Å²) in [5.41, 5.74) is 0.231. The van der Waals surface area contributed by atoms with E-state index < -0.39 is 31.4 Å².